The van der Waals surface area contributed by atoms with E-state index in [1.807, 2.05) is 72.8 Å². The molecule has 0 saturated heterocycles. The average molecular weight is 601 g/mol. The van der Waals surface area contributed by atoms with Crippen LogP contribution in [0.2, 0.25) is 0 Å². The van der Waals surface area contributed by atoms with Gasteiger partial charge in [-0.1, -0.05) is 72.8 Å². The summed E-state index contributed by atoms with van der Waals surface area (Å²) >= 11 is 0. The lowest BCUT2D eigenvalue weighted by atomic mass is 9.92. The molecule has 3 heterocycles. The summed E-state index contributed by atoms with van der Waals surface area (Å²) in [4.78, 5) is 0. The van der Waals surface area contributed by atoms with Crippen molar-refractivity contribution >= 4 is 53.6 Å². The van der Waals surface area contributed by atoms with E-state index in [1.165, 1.54) is 0 Å². The van der Waals surface area contributed by atoms with Crippen molar-refractivity contribution in [3.63, 3.8) is 0 Å². The van der Waals surface area contributed by atoms with Crippen molar-refractivity contribution < 1.29 is 12.8 Å². The minimum atomic E-state index is -3.42. The molecule has 5 nitrogen and oxygen atoms in total. The fourth-order valence-electron chi connectivity index (χ4n) is 7.04. The van der Waals surface area contributed by atoms with Crippen molar-refractivity contribution in [2.24, 2.45) is 0 Å². The quantitative estimate of drug-likeness (QED) is 0.198. The molecule has 2 aromatic heterocycles. The summed E-state index contributed by atoms with van der Waals surface area (Å²) < 4.78 is 35.4. The molecule has 6 heteroatoms. The number of para-hydroxylation sites is 3. The van der Waals surface area contributed by atoms with Gasteiger partial charge in [0.25, 0.3) is 0 Å². The Labute approximate surface area is 259 Å². The van der Waals surface area contributed by atoms with Crippen LogP contribution in [-0.4, -0.2) is 13.0 Å². The predicted octanol–water partition coefficient (Wildman–Crippen LogP) is 9.32. The third kappa shape index (κ3) is 3.95. The van der Waals surface area contributed by atoms with Crippen LogP contribution in [0.1, 0.15) is 16.7 Å². The van der Waals surface area contributed by atoms with Crippen molar-refractivity contribution in [2.75, 3.05) is 0 Å². The molecule has 0 amide bonds. The smallest absolute Gasteiger partial charge is 0.158 e. The van der Waals surface area contributed by atoms with E-state index in [-0.39, 0.29) is 11.5 Å². The van der Waals surface area contributed by atoms with Crippen LogP contribution in [0.5, 0.6) is 0 Å². The molecular formula is C39H24N2O3S. The maximum absolute atomic E-state index is 13.5. The first-order valence-electron chi connectivity index (χ1n) is 14.8. The number of sulfone groups is 1. The van der Waals surface area contributed by atoms with Gasteiger partial charge in [-0.15, -0.1) is 0 Å². The number of hydrogen-bond acceptors (Lipinski definition) is 4. The Morgan fingerprint density at radius 2 is 1.40 bits per heavy atom. The molecule has 45 heavy (non-hydrogen) atoms. The number of benzene rings is 6. The fourth-order valence-corrected chi connectivity index (χ4v) is 8.58. The molecule has 1 aliphatic heterocycles. The second-order valence-corrected chi connectivity index (χ2v) is 13.8. The molecule has 6 aromatic carbocycles. The van der Waals surface area contributed by atoms with E-state index < -0.39 is 9.84 Å². The average Bonchev–Trinajstić information content (AvgIpc) is 3.57. The van der Waals surface area contributed by atoms with E-state index in [9.17, 15) is 13.7 Å². The Bertz CT molecular complexity index is 2690. The summed E-state index contributed by atoms with van der Waals surface area (Å²) in [6.45, 7) is 0. The topological polar surface area (TPSA) is 76.0 Å². The van der Waals surface area contributed by atoms with Gasteiger partial charge in [0.2, 0.25) is 0 Å². The molecule has 0 aliphatic carbocycles. The maximum atomic E-state index is 13.5. The van der Waals surface area contributed by atoms with Gasteiger partial charge in [-0.3, -0.25) is 0 Å². The minimum absolute atomic E-state index is 0.0201. The van der Waals surface area contributed by atoms with E-state index >= 15 is 0 Å². The van der Waals surface area contributed by atoms with Gasteiger partial charge < -0.3 is 8.98 Å². The van der Waals surface area contributed by atoms with E-state index in [0.717, 1.165) is 82.8 Å². The van der Waals surface area contributed by atoms with Gasteiger partial charge in [0.15, 0.2) is 9.84 Å². The van der Waals surface area contributed by atoms with Crippen LogP contribution in [0.25, 0.3) is 71.7 Å². The maximum Gasteiger partial charge on any atom is 0.158 e. The van der Waals surface area contributed by atoms with Crippen LogP contribution in [0.3, 0.4) is 0 Å². The summed E-state index contributed by atoms with van der Waals surface area (Å²) in [6, 6.07) is 42.5. The number of rotatable bonds is 2. The van der Waals surface area contributed by atoms with Crippen LogP contribution in [-0.2, 0) is 21.3 Å². The lowest BCUT2D eigenvalue weighted by molar-refractivity contribution is 0.595. The van der Waals surface area contributed by atoms with E-state index in [4.69, 9.17) is 4.42 Å². The minimum Gasteiger partial charge on any atom is -0.455 e. The number of aromatic nitrogens is 1. The Morgan fingerprint density at radius 1 is 0.622 bits per heavy atom. The lowest BCUT2D eigenvalue weighted by Crippen LogP contribution is -2.06. The van der Waals surface area contributed by atoms with Crippen molar-refractivity contribution in [1.82, 2.24) is 4.57 Å². The molecule has 0 atom stereocenters. The van der Waals surface area contributed by atoms with Gasteiger partial charge >= 0.3 is 0 Å². The standard InChI is InChI=1S/C39H24N2O3S/c40-21-24-12-17-37-35(18-24)31-6-1-3-10-36(31)41(37)28-15-16-29-27(19-28)23-45(42,43)22-26-14-13-25(20-34(26)29)30-8-5-9-33-32-7-2-4-11-38(32)44-39(30)33/h1-20H,22-23H2. The Morgan fingerprint density at radius 3 is 2.29 bits per heavy atom. The first-order chi connectivity index (χ1) is 22.0. The zero-order valence-electron chi connectivity index (χ0n) is 24.0. The van der Waals surface area contributed by atoms with Crippen molar-refractivity contribution in [1.29, 1.82) is 5.26 Å². The zero-order valence-corrected chi connectivity index (χ0v) is 24.8. The summed E-state index contributed by atoms with van der Waals surface area (Å²) in [5.74, 6) is -0.0666. The van der Waals surface area contributed by atoms with Crippen LogP contribution < -0.4 is 0 Å². The van der Waals surface area contributed by atoms with Gasteiger partial charge in [0, 0.05) is 32.8 Å². The molecule has 9 rings (SSSR count). The van der Waals surface area contributed by atoms with Crippen molar-refractivity contribution in [2.45, 2.75) is 11.5 Å². The van der Waals surface area contributed by atoms with Crippen LogP contribution in [0, 0.1) is 11.3 Å². The number of fused-ring (bicyclic) bond motifs is 9. The Hall–Kier alpha value is -5.64. The number of nitriles is 1. The highest BCUT2D eigenvalue weighted by molar-refractivity contribution is 7.89. The molecule has 0 fully saturated rings. The third-order valence-corrected chi connectivity index (χ3v) is 10.5. The molecule has 0 spiro atoms. The monoisotopic (exact) mass is 600 g/mol. The Balaban J connectivity index is 1.25. The third-order valence-electron chi connectivity index (χ3n) is 9.01. The number of hydrogen-bond donors (Lipinski definition) is 0. The van der Waals surface area contributed by atoms with Gasteiger partial charge in [-0.25, -0.2) is 8.42 Å². The second-order valence-electron chi connectivity index (χ2n) is 11.7. The van der Waals surface area contributed by atoms with Crippen molar-refractivity contribution in [3.05, 3.63) is 138 Å². The van der Waals surface area contributed by atoms with E-state index in [2.05, 4.69) is 59.2 Å². The zero-order chi connectivity index (χ0) is 30.3. The lowest BCUT2D eigenvalue weighted by Gasteiger charge is -2.14. The van der Waals surface area contributed by atoms with E-state index in [1.54, 1.807) is 0 Å². The van der Waals surface area contributed by atoms with Gasteiger partial charge in [-0.05, 0) is 76.3 Å². The first kappa shape index (κ1) is 25.8. The molecule has 0 radical (unpaired) electrons. The molecule has 0 bridgehead atoms. The summed E-state index contributed by atoms with van der Waals surface area (Å²) in [7, 11) is -3.42. The van der Waals surface area contributed by atoms with Crippen LogP contribution in [0.4, 0.5) is 0 Å². The number of nitrogens with zero attached hydrogens (tertiary/aromatic N) is 2. The molecule has 8 aromatic rings. The van der Waals surface area contributed by atoms with Crippen LogP contribution >= 0.6 is 0 Å². The highest BCUT2D eigenvalue weighted by Gasteiger charge is 2.26. The number of furan rings is 1. The molecule has 0 N–H and O–H groups in total. The normalized spacial score (nSPS) is 13.9. The molecule has 0 unspecified atom stereocenters. The fraction of sp³-hybridized carbons (Fsp3) is 0.0513. The summed E-state index contributed by atoms with van der Waals surface area (Å²) in [5, 5.41) is 13.7. The van der Waals surface area contributed by atoms with E-state index in [0.29, 0.717) is 5.56 Å². The van der Waals surface area contributed by atoms with Gasteiger partial charge in [0.1, 0.15) is 11.2 Å². The van der Waals surface area contributed by atoms with Crippen molar-refractivity contribution in [3.8, 4) is 34.0 Å². The summed E-state index contributed by atoms with van der Waals surface area (Å²) in [5.41, 5.74) is 10.5. The summed E-state index contributed by atoms with van der Waals surface area (Å²) in [6.07, 6.45) is 0. The highest BCUT2D eigenvalue weighted by atomic mass is 32.2. The van der Waals surface area contributed by atoms with Gasteiger partial charge in [0.05, 0.1) is 34.2 Å². The first-order valence-corrected chi connectivity index (χ1v) is 16.6. The molecular weight excluding hydrogens is 577 g/mol. The van der Waals surface area contributed by atoms with Gasteiger partial charge in [-0.2, -0.15) is 5.26 Å². The second kappa shape index (κ2) is 9.43. The molecule has 0 saturated carbocycles. The predicted molar refractivity (Wildman–Crippen MR) is 180 cm³/mol. The molecule has 1 aliphatic rings. The largest absolute Gasteiger partial charge is 0.455 e. The Kier molecular flexibility index (Phi) is 5.41. The highest BCUT2D eigenvalue weighted by Crippen LogP contribution is 2.41. The molecule has 214 valence electrons. The SMILES string of the molecule is N#Cc1ccc2c(c1)c1ccccc1n2-c1ccc2c(c1)CS(=O)(=O)Cc1ccc(-c3cccc4c3oc3ccccc34)cc1-2. The van der Waals surface area contributed by atoms with Crippen LogP contribution in [0.15, 0.2) is 126 Å².